The van der Waals surface area contributed by atoms with Crippen LogP contribution in [-0.2, 0) is 47.6 Å². The van der Waals surface area contributed by atoms with E-state index in [1.165, 1.54) is 44.4 Å². The van der Waals surface area contributed by atoms with Crippen molar-refractivity contribution < 1.29 is 76.9 Å². The maximum absolute atomic E-state index is 15.4. The Bertz CT molecular complexity index is 2050. The number of ether oxygens (including phenoxy) is 6. The summed E-state index contributed by atoms with van der Waals surface area (Å²) >= 11 is 0. The minimum absolute atomic E-state index is 0.0284. The molecule has 0 radical (unpaired) electrons. The van der Waals surface area contributed by atoms with Crippen molar-refractivity contribution in [1.82, 2.24) is 5.32 Å². The number of hydrogen-bond acceptors (Lipinski definition) is 16. The Morgan fingerprint density at radius 1 is 0.950 bits per heavy atom. The van der Waals surface area contributed by atoms with Crippen molar-refractivity contribution in [2.45, 2.75) is 135 Å². The minimum atomic E-state index is -2.41. The molecule has 1 aliphatic heterocycles. The van der Waals surface area contributed by atoms with Gasteiger partial charge in [-0.05, 0) is 70.0 Å². The summed E-state index contributed by atoms with van der Waals surface area (Å²) in [6.07, 6.45) is -10.5. The molecule has 60 heavy (non-hydrogen) atoms. The lowest BCUT2D eigenvalue weighted by molar-refractivity contribution is -0.346. The van der Waals surface area contributed by atoms with Gasteiger partial charge in [0.2, 0.25) is 0 Å². The number of rotatable bonds is 9. The van der Waals surface area contributed by atoms with E-state index in [-0.39, 0.29) is 35.5 Å². The third-order valence-corrected chi connectivity index (χ3v) is 12.5. The molecule has 17 nitrogen and oxygen atoms in total. The van der Waals surface area contributed by atoms with Crippen LogP contribution in [0.2, 0.25) is 0 Å². The Morgan fingerprint density at radius 3 is 2.17 bits per heavy atom. The quantitative estimate of drug-likeness (QED) is 0.161. The number of aliphatic hydroxyl groups excluding tert-OH is 2. The Balaban J connectivity index is 1.54. The maximum atomic E-state index is 15.4. The van der Waals surface area contributed by atoms with Gasteiger partial charge in [-0.1, -0.05) is 32.0 Å². The normalized spacial score (nSPS) is 32.9. The average molecular weight is 840 g/mol. The highest BCUT2D eigenvalue weighted by Gasteiger charge is 2.78. The second-order valence-electron chi connectivity index (χ2n) is 17.8. The molecule has 1 amide bonds. The Morgan fingerprint density at radius 2 is 1.62 bits per heavy atom. The van der Waals surface area contributed by atoms with E-state index in [0.717, 1.165) is 13.8 Å². The van der Waals surface area contributed by atoms with Crippen LogP contribution >= 0.6 is 0 Å². The molecule has 0 spiro atoms. The van der Waals surface area contributed by atoms with Gasteiger partial charge in [0.05, 0.1) is 35.9 Å². The van der Waals surface area contributed by atoms with Gasteiger partial charge in [0, 0.05) is 32.1 Å². The van der Waals surface area contributed by atoms with E-state index in [9.17, 15) is 39.3 Å². The van der Waals surface area contributed by atoms with Crippen LogP contribution in [-0.4, -0.2) is 111 Å². The monoisotopic (exact) mass is 839 g/mol. The largest absolute Gasteiger partial charge is 0.467 e. The number of carbonyl (C=O) groups is 6. The zero-order valence-electron chi connectivity index (χ0n) is 35.0. The van der Waals surface area contributed by atoms with Crippen LogP contribution in [0.3, 0.4) is 0 Å². The first kappa shape index (κ1) is 44.5. The first-order chi connectivity index (χ1) is 27.9. The highest BCUT2D eigenvalue weighted by molar-refractivity contribution is 5.95. The smallest absolute Gasteiger partial charge is 0.408 e. The molecule has 17 heteroatoms. The first-order valence-corrected chi connectivity index (χ1v) is 19.7. The lowest BCUT2D eigenvalue weighted by atomic mass is 9.44. The summed E-state index contributed by atoms with van der Waals surface area (Å²) in [4.78, 5) is 82.5. The summed E-state index contributed by atoms with van der Waals surface area (Å²) in [6, 6.07) is 9.12. The number of fused-ring (bicyclic) bond motifs is 5. The van der Waals surface area contributed by atoms with Gasteiger partial charge in [0.25, 0.3) is 0 Å². The van der Waals surface area contributed by atoms with Crippen LogP contribution < -0.4 is 5.32 Å². The van der Waals surface area contributed by atoms with Crippen LogP contribution in [0.15, 0.2) is 64.3 Å². The third-order valence-electron chi connectivity index (χ3n) is 12.5. The maximum Gasteiger partial charge on any atom is 0.408 e. The minimum Gasteiger partial charge on any atom is -0.467 e. The molecule has 11 atom stereocenters. The predicted molar refractivity (Wildman–Crippen MR) is 205 cm³/mol. The van der Waals surface area contributed by atoms with Gasteiger partial charge in [-0.3, -0.25) is 14.4 Å². The summed E-state index contributed by atoms with van der Waals surface area (Å²) in [6.45, 7) is 12.7. The van der Waals surface area contributed by atoms with Crippen molar-refractivity contribution in [3.05, 3.63) is 71.2 Å². The van der Waals surface area contributed by atoms with E-state index in [0.29, 0.717) is 0 Å². The summed E-state index contributed by atoms with van der Waals surface area (Å²) in [5.41, 5.74) is -8.72. The molecule has 4 aliphatic rings. The van der Waals surface area contributed by atoms with Crippen molar-refractivity contribution in [1.29, 1.82) is 0 Å². The molecule has 2 heterocycles. The molecule has 2 aromatic rings. The van der Waals surface area contributed by atoms with Crippen LogP contribution in [0.5, 0.6) is 0 Å². The number of carbonyl (C=O) groups excluding carboxylic acids is 6. The summed E-state index contributed by atoms with van der Waals surface area (Å²) < 4.78 is 40.8. The van der Waals surface area contributed by atoms with Crippen molar-refractivity contribution in [3.63, 3.8) is 0 Å². The van der Waals surface area contributed by atoms with Gasteiger partial charge in [-0.15, -0.1) is 0 Å². The molecule has 2 saturated carbocycles. The molecule has 1 aromatic heterocycles. The summed E-state index contributed by atoms with van der Waals surface area (Å²) in [5, 5.41) is 39.6. The van der Waals surface area contributed by atoms with Crippen LogP contribution in [0.25, 0.3) is 0 Å². The first-order valence-electron chi connectivity index (χ1n) is 19.7. The number of aliphatic hydroxyl groups is 3. The summed E-state index contributed by atoms with van der Waals surface area (Å²) in [5.74, 6) is -6.44. The van der Waals surface area contributed by atoms with E-state index >= 15 is 4.79 Å². The summed E-state index contributed by atoms with van der Waals surface area (Å²) in [7, 11) is 0. The van der Waals surface area contributed by atoms with Gasteiger partial charge >= 0.3 is 30.0 Å². The molecule has 6 rings (SSSR count). The third kappa shape index (κ3) is 7.49. The van der Waals surface area contributed by atoms with Gasteiger partial charge in [-0.25, -0.2) is 14.4 Å². The molecule has 1 unspecified atom stereocenters. The average Bonchev–Trinajstić information content (AvgIpc) is 3.69. The standard InChI is InChI=1S/C43H53NO16/c1-21-26(57-37(51)31(48)30(25-16-13-17-54-25)44-38(52)60-39(4,5)6)19-43(53)35(58-36(50)24-14-11-10-12-15-24)33-41(9,27(47)18-28-42(33,20-55-28)59-23(3)46)34(49)32(56-22(2)45)29(21)40(43,7)8/h10-17,26-28,30-33,35,47-48,53H,18-20H2,1-9H3,(H,44,52)/t26-,27-,28+,30-,31+,32+,33?,35-,41+,42-,43+/m0/s1. The van der Waals surface area contributed by atoms with E-state index in [2.05, 4.69) is 5.32 Å². The number of hydrogen-bond donors (Lipinski definition) is 4. The number of furan rings is 1. The van der Waals surface area contributed by atoms with Crippen LogP contribution in [0.4, 0.5) is 4.79 Å². The predicted octanol–water partition coefficient (Wildman–Crippen LogP) is 3.42. The Hall–Kier alpha value is -5.10. The van der Waals surface area contributed by atoms with Crippen molar-refractivity contribution >= 4 is 35.8 Å². The highest BCUT2D eigenvalue weighted by Crippen LogP contribution is 2.64. The highest BCUT2D eigenvalue weighted by atomic mass is 16.6. The molecular weight excluding hydrogens is 786 g/mol. The van der Waals surface area contributed by atoms with Crippen molar-refractivity contribution in [2.24, 2.45) is 16.7 Å². The van der Waals surface area contributed by atoms with Crippen molar-refractivity contribution in [2.75, 3.05) is 6.61 Å². The number of ketones is 1. The Kier molecular flexibility index (Phi) is 11.7. The number of nitrogens with one attached hydrogen (secondary N) is 1. The Labute approximate surface area is 346 Å². The fourth-order valence-corrected chi connectivity index (χ4v) is 9.57. The number of amides is 1. The SMILES string of the molecule is CC(=O)O[C@H]1C(=O)[C@@]2(C)C([C@H](OC(=O)c3ccccc3)[C@]3(O)C[C@H](OC(=O)[C@H](O)[C@@H](NC(=O)OC(C)(C)C)c4ccco4)C(C)=C1C3(C)C)[C@]1(OC(C)=O)CO[C@@H]1C[C@@H]2O. The second-order valence-corrected chi connectivity index (χ2v) is 17.8. The van der Waals surface area contributed by atoms with E-state index in [1.807, 2.05) is 0 Å². The number of alkyl carbamates (subject to hydrolysis) is 1. The number of benzene rings is 1. The molecule has 1 saturated heterocycles. The van der Waals surface area contributed by atoms with Gasteiger partial charge < -0.3 is 53.5 Å². The van der Waals surface area contributed by atoms with Crippen LogP contribution in [0, 0.1) is 16.7 Å². The molecule has 4 N–H and O–H groups in total. The van der Waals surface area contributed by atoms with E-state index in [1.54, 1.807) is 52.8 Å². The lowest BCUT2D eigenvalue weighted by Crippen LogP contribution is -2.82. The van der Waals surface area contributed by atoms with Crippen LogP contribution in [0.1, 0.15) is 97.3 Å². The van der Waals surface area contributed by atoms with Gasteiger partial charge in [0.1, 0.15) is 41.3 Å². The van der Waals surface area contributed by atoms with Gasteiger partial charge in [-0.2, -0.15) is 0 Å². The second kappa shape index (κ2) is 15.7. The molecule has 2 bridgehead atoms. The number of Topliss-reactive ketones (excluding diaryl/α,β-unsaturated/α-hetero) is 1. The zero-order valence-corrected chi connectivity index (χ0v) is 35.0. The number of esters is 4. The van der Waals surface area contributed by atoms with Crippen molar-refractivity contribution in [3.8, 4) is 0 Å². The lowest BCUT2D eigenvalue weighted by Gasteiger charge is -2.67. The molecule has 3 fully saturated rings. The molecular formula is C43H53NO16. The molecule has 1 aromatic carbocycles. The zero-order chi connectivity index (χ0) is 44.3. The van der Waals surface area contributed by atoms with E-state index < -0.39 is 118 Å². The topological polar surface area (TPSA) is 244 Å². The fraction of sp³-hybridized carbons (Fsp3) is 0.581. The molecule has 3 aliphatic carbocycles. The van der Waals surface area contributed by atoms with E-state index in [4.69, 9.17) is 32.8 Å². The molecule has 326 valence electrons. The van der Waals surface area contributed by atoms with Gasteiger partial charge in [0.15, 0.2) is 23.6 Å². The fourth-order valence-electron chi connectivity index (χ4n) is 9.57.